The second-order valence-electron chi connectivity index (χ2n) is 1.44. The molecule has 2 N–H and O–H groups in total. The molecule has 46 valence electrons. The molecule has 1 heterocycles. The maximum absolute atomic E-state index is 5.22. The summed E-state index contributed by atoms with van der Waals surface area (Å²) in [7, 11) is 0. The highest BCUT2D eigenvalue weighted by molar-refractivity contribution is 7.80. The topological polar surface area (TPSA) is 51.8 Å². The fourth-order valence-corrected chi connectivity index (χ4v) is 0.532. The number of hydrogen-bond donors (Lipinski definition) is 1. The predicted octanol–water partition coefficient (Wildman–Crippen LogP) is 0.111. The largest absolute Gasteiger partial charge is 0.387 e. The monoisotopic (exact) mass is 139 g/mol. The Bertz CT molecular complexity index is 209. The van der Waals surface area contributed by atoms with Crippen LogP contribution in [0.2, 0.25) is 0 Å². The standard InChI is InChI=1S/C5H5N3S/c6-4(9)5-7-2-1-3-8-5/h1-3H,(H2,6,9). The normalized spacial score (nSPS) is 8.89. The zero-order valence-corrected chi connectivity index (χ0v) is 5.43. The lowest BCUT2D eigenvalue weighted by atomic mass is 10.5. The van der Waals surface area contributed by atoms with Gasteiger partial charge in [-0.05, 0) is 6.07 Å². The molecule has 0 aliphatic carbocycles. The number of rotatable bonds is 1. The van der Waals surface area contributed by atoms with E-state index >= 15 is 0 Å². The van der Waals surface area contributed by atoms with Crippen molar-refractivity contribution in [3.05, 3.63) is 24.3 Å². The van der Waals surface area contributed by atoms with Crippen LogP contribution in [0.3, 0.4) is 0 Å². The van der Waals surface area contributed by atoms with Crippen LogP contribution < -0.4 is 5.73 Å². The SMILES string of the molecule is NC(=S)c1ncccn1. The van der Waals surface area contributed by atoms with Crippen LogP contribution in [0, 0.1) is 0 Å². The smallest absolute Gasteiger partial charge is 0.186 e. The lowest BCUT2D eigenvalue weighted by molar-refractivity contribution is 1.13. The minimum Gasteiger partial charge on any atom is -0.387 e. The van der Waals surface area contributed by atoms with Gasteiger partial charge < -0.3 is 5.73 Å². The summed E-state index contributed by atoms with van der Waals surface area (Å²) in [6.07, 6.45) is 3.20. The Kier molecular flexibility index (Phi) is 1.69. The van der Waals surface area contributed by atoms with Crippen molar-refractivity contribution in [3.63, 3.8) is 0 Å². The van der Waals surface area contributed by atoms with E-state index in [0.29, 0.717) is 5.82 Å². The summed E-state index contributed by atoms with van der Waals surface area (Å²) in [5.41, 5.74) is 5.22. The lowest BCUT2D eigenvalue weighted by Gasteiger charge is -1.90. The minimum atomic E-state index is 0.232. The maximum Gasteiger partial charge on any atom is 0.186 e. The Morgan fingerprint density at radius 2 is 2.00 bits per heavy atom. The second kappa shape index (κ2) is 2.50. The Hall–Kier alpha value is -1.03. The molecule has 0 bridgehead atoms. The van der Waals surface area contributed by atoms with Crippen LogP contribution in [-0.4, -0.2) is 15.0 Å². The Morgan fingerprint density at radius 3 is 2.33 bits per heavy atom. The van der Waals surface area contributed by atoms with Crippen LogP contribution in [-0.2, 0) is 0 Å². The molecule has 0 amide bonds. The summed E-state index contributed by atoms with van der Waals surface area (Å²) >= 11 is 4.61. The van der Waals surface area contributed by atoms with Crippen LogP contribution in [0.25, 0.3) is 0 Å². The highest BCUT2D eigenvalue weighted by Crippen LogP contribution is 1.84. The number of aromatic nitrogens is 2. The van der Waals surface area contributed by atoms with Gasteiger partial charge in [0, 0.05) is 12.4 Å². The van der Waals surface area contributed by atoms with Gasteiger partial charge in [-0.25, -0.2) is 9.97 Å². The third-order valence-corrected chi connectivity index (χ3v) is 0.969. The van der Waals surface area contributed by atoms with Gasteiger partial charge in [0.2, 0.25) is 0 Å². The predicted molar refractivity (Wildman–Crippen MR) is 37.9 cm³/mol. The molecule has 4 heteroatoms. The molecule has 9 heavy (non-hydrogen) atoms. The van der Waals surface area contributed by atoms with Gasteiger partial charge in [-0.15, -0.1) is 0 Å². The summed E-state index contributed by atoms with van der Waals surface area (Å²) < 4.78 is 0. The highest BCUT2D eigenvalue weighted by Gasteiger charge is 1.93. The number of thiocarbonyl (C=S) groups is 1. The first-order chi connectivity index (χ1) is 4.30. The molecule has 0 fully saturated rings. The molecule has 0 aliphatic rings. The summed E-state index contributed by atoms with van der Waals surface area (Å²) in [5, 5.41) is 0. The van der Waals surface area contributed by atoms with Gasteiger partial charge in [0.1, 0.15) is 4.99 Å². The molecule has 1 rings (SSSR count). The molecule has 0 spiro atoms. The van der Waals surface area contributed by atoms with Crippen LogP contribution in [0.5, 0.6) is 0 Å². The van der Waals surface area contributed by atoms with Crippen LogP contribution in [0.15, 0.2) is 18.5 Å². The molecule has 0 saturated carbocycles. The summed E-state index contributed by atoms with van der Waals surface area (Å²) in [5.74, 6) is 0.424. The van der Waals surface area contributed by atoms with Crippen LogP contribution in [0.4, 0.5) is 0 Å². The van der Waals surface area contributed by atoms with E-state index < -0.39 is 0 Å². The molecule has 0 unspecified atom stereocenters. The van der Waals surface area contributed by atoms with Gasteiger partial charge >= 0.3 is 0 Å². The van der Waals surface area contributed by atoms with Crippen molar-refractivity contribution in [1.29, 1.82) is 0 Å². The molecule has 1 aromatic heterocycles. The third-order valence-electron chi connectivity index (χ3n) is 0.786. The van der Waals surface area contributed by atoms with Crippen LogP contribution in [0.1, 0.15) is 5.82 Å². The average Bonchev–Trinajstić information content (AvgIpc) is 1.90. The van der Waals surface area contributed by atoms with Gasteiger partial charge in [-0.3, -0.25) is 0 Å². The first-order valence-corrected chi connectivity index (χ1v) is 2.78. The van der Waals surface area contributed by atoms with Gasteiger partial charge in [-0.2, -0.15) is 0 Å². The quantitative estimate of drug-likeness (QED) is 0.561. The fourth-order valence-electron chi connectivity index (χ4n) is 0.426. The van der Waals surface area contributed by atoms with E-state index in [-0.39, 0.29) is 4.99 Å². The van der Waals surface area contributed by atoms with Gasteiger partial charge in [-0.1, -0.05) is 12.2 Å². The summed E-state index contributed by atoms with van der Waals surface area (Å²) in [4.78, 5) is 7.83. The van der Waals surface area contributed by atoms with E-state index in [1.807, 2.05) is 0 Å². The van der Waals surface area contributed by atoms with Crippen molar-refractivity contribution in [1.82, 2.24) is 9.97 Å². The molecule has 0 saturated heterocycles. The van der Waals surface area contributed by atoms with Gasteiger partial charge in [0.15, 0.2) is 5.82 Å². The molecule has 0 aliphatic heterocycles. The van der Waals surface area contributed by atoms with Crippen molar-refractivity contribution in [3.8, 4) is 0 Å². The van der Waals surface area contributed by atoms with E-state index in [4.69, 9.17) is 5.73 Å². The number of nitrogens with two attached hydrogens (primary N) is 1. The van der Waals surface area contributed by atoms with E-state index in [2.05, 4.69) is 22.2 Å². The summed E-state index contributed by atoms with van der Waals surface area (Å²) in [6.45, 7) is 0. The van der Waals surface area contributed by atoms with Crippen molar-refractivity contribution in [2.24, 2.45) is 5.73 Å². The lowest BCUT2D eigenvalue weighted by Crippen LogP contribution is -2.12. The fraction of sp³-hybridized carbons (Fsp3) is 0. The molecular formula is C5H5N3S. The van der Waals surface area contributed by atoms with Crippen molar-refractivity contribution < 1.29 is 0 Å². The Morgan fingerprint density at radius 1 is 1.44 bits per heavy atom. The van der Waals surface area contributed by atoms with E-state index in [0.717, 1.165) is 0 Å². The Balaban J connectivity index is 2.98. The van der Waals surface area contributed by atoms with Crippen molar-refractivity contribution in [2.75, 3.05) is 0 Å². The number of nitrogens with zero attached hydrogens (tertiary/aromatic N) is 2. The molecule has 0 radical (unpaired) electrons. The minimum absolute atomic E-state index is 0.232. The molecule has 0 aromatic carbocycles. The summed E-state index contributed by atoms with van der Waals surface area (Å²) in [6, 6.07) is 1.71. The first kappa shape index (κ1) is 6.10. The zero-order valence-electron chi connectivity index (χ0n) is 4.61. The van der Waals surface area contributed by atoms with E-state index in [1.165, 1.54) is 0 Å². The van der Waals surface area contributed by atoms with Crippen molar-refractivity contribution >= 4 is 17.2 Å². The maximum atomic E-state index is 5.22. The van der Waals surface area contributed by atoms with Crippen LogP contribution >= 0.6 is 12.2 Å². The molecule has 0 atom stereocenters. The zero-order chi connectivity index (χ0) is 6.69. The molecular weight excluding hydrogens is 134 g/mol. The third kappa shape index (κ3) is 1.43. The van der Waals surface area contributed by atoms with Gasteiger partial charge in [0.25, 0.3) is 0 Å². The van der Waals surface area contributed by atoms with E-state index in [9.17, 15) is 0 Å². The molecule has 1 aromatic rings. The first-order valence-electron chi connectivity index (χ1n) is 2.37. The van der Waals surface area contributed by atoms with Gasteiger partial charge in [0.05, 0.1) is 0 Å². The van der Waals surface area contributed by atoms with E-state index in [1.54, 1.807) is 18.5 Å². The van der Waals surface area contributed by atoms with Crippen molar-refractivity contribution in [2.45, 2.75) is 0 Å². The second-order valence-corrected chi connectivity index (χ2v) is 1.88. The molecule has 3 nitrogen and oxygen atoms in total. The Labute approximate surface area is 57.9 Å². The average molecular weight is 139 g/mol. The number of hydrogen-bond acceptors (Lipinski definition) is 3. The highest BCUT2D eigenvalue weighted by atomic mass is 32.1.